The molecule has 0 bridgehead atoms. The Bertz CT molecular complexity index is 206. The minimum atomic E-state index is -0.607. The van der Waals surface area contributed by atoms with Crippen LogP contribution in [-0.4, -0.2) is 24.6 Å². The zero-order valence-electron chi connectivity index (χ0n) is 17.6. The molecular formula is C22H48ClP. The van der Waals surface area contributed by atoms with E-state index in [-0.39, 0.29) is 12.4 Å². The number of hydrogen-bond donors (Lipinski definition) is 0. The summed E-state index contributed by atoms with van der Waals surface area (Å²) in [6, 6.07) is 0. The maximum Gasteiger partial charge on any atom is 0.0594 e. The van der Waals surface area contributed by atoms with E-state index in [1.165, 1.54) is 89.9 Å². The minimum Gasteiger partial charge on any atom is -1.00 e. The Morgan fingerprint density at radius 2 is 0.708 bits per heavy atom. The third-order valence-electron chi connectivity index (χ3n) is 5.37. The van der Waals surface area contributed by atoms with Gasteiger partial charge in [0.15, 0.2) is 0 Å². The van der Waals surface area contributed by atoms with Crippen molar-refractivity contribution in [3.8, 4) is 0 Å². The van der Waals surface area contributed by atoms with Gasteiger partial charge in [-0.25, -0.2) is 0 Å². The SMILES string of the molecule is CCCCCCCC[P+](CCC)(CCC)CCCCCCCC.[Cl-]. The minimum absolute atomic E-state index is 0. The number of rotatable bonds is 18. The molecular weight excluding hydrogens is 331 g/mol. The van der Waals surface area contributed by atoms with Crippen molar-refractivity contribution in [2.24, 2.45) is 0 Å². The predicted molar refractivity (Wildman–Crippen MR) is 114 cm³/mol. The highest BCUT2D eigenvalue weighted by Gasteiger charge is 2.33. The summed E-state index contributed by atoms with van der Waals surface area (Å²) < 4.78 is 0. The van der Waals surface area contributed by atoms with Crippen LogP contribution in [-0.2, 0) is 0 Å². The summed E-state index contributed by atoms with van der Waals surface area (Å²) in [4.78, 5) is 0. The van der Waals surface area contributed by atoms with Crippen LogP contribution in [0.25, 0.3) is 0 Å². The molecule has 148 valence electrons. The van der Waals surface area contributed by atoms with Crippen molar-refractivity contribution in [1.82, 2.24) is 0 Å². The van der Waals surface area contributed by atoms with Gasteiger partial charge in [-0.15, -0.1) is 0 Å². The molecule has 0 saturated carbocycles. The first-order valence-electron chi connectivity index (χ1n) is 11.1. The van der Waals surface area contributed by atoms with Gasteiger partial charge in [-0.2, -0.15) is 0 Å². The average molecular weight is 379 g/mol. The molecule has 0 N–H and O–H groups in total. The van der Waals surface area contributed by atoms with E-state index in [0.29, 0.717) is 0 Å². The van der Waals surface area contributed by atoms with Crippen LogP contribution in [0.3, 0.4) is 0 Å². The second-order valence-electron chi connectivity index (χ2n) is 7.77. The van der Waals surface area contributed by atoms with E-state index in [2.05, 4.69) is 27.7 Å². The smallest absolute Gasteiger partial charge is 0.0594 e. The molecule has 2 heteroatoms. The lowest BCUT2D eigenvalue weighted by Gasteiger charge is -2.27. The third kappa shape index (κ3) is 15.0. The van der Waals surface area contributed by atoms with Crippen molar-refractivity contribution in [2.75, 3.05) is 24.6 Å². The van der Waals surface area contributed by atoms with Crippen molar-refractivity contribution < 1.29 is 12.4 Å². The summed E-state index contributed by atoms with van der Waals surface area (Å²) in [5, 5.41) is 0. The second kappa shape index (κ2) is 20.0. The van der Waals surface area contributed by atoms with E-state index < -0.39 is 7.26 Å². The van der Waals surface area contributed by atoms with E-state index >= 15 is 0 Å². The molecule has 0 aromatic carbocycles. The Labute approximate surface area is 162 Å². The van der Waals surface area contributed by atoms with Crippen LogP contribution in [0.4, 0.5) is 0 Å². The highest BCUT2D eigenvalue weighted by atomic mass is 35.5. The molecule has 0 fully saturated rings. The summed E-state index contributed by atoms with van der Waals surface area (Å²) in [5.41, 5.74) is 0. The molecule has 24 heavy (non-hydrogen) atoms. The molecule has 0 saturated heterocycles. The lowest BCUT2D eigenvalue weighted by molar-refractivity contribution is -0.00000537. The quantitative estimate of drug-likeness (QED) is 0.217. The number of unbranched alkanes of at least 4 members (excludes halogenated alkanes) is 10. The summed E-state index contributed by atoms with van der Waals surface area (Å²) in [5.74, 6) is 0. The summed E-state index contributed by atoms with van der Waals surface area (Å²) in [6.07, 6.45) is 26.9. The molecule has 0 nitrogen and oxygen atoms in total. The van der Waals surface area contributed by atoms with Crippen molar-refractivity contribution in [3.05, 3.63) is 0 Å². The average Bonchev–Trinajstić information content (AvgIpc) is 2.54. The molecule has 0 unspecified atom stereocenters. The van der Waals surface area contributed by atoms with E-state index in [0.717, 1.165) is 0 Å². The van der Waals surface area contributed by atoms with Gasteiger partial charge in [-0.05, 0) is 38.5 Å². The maximum atomic E-state index is 2.42. The van der Waals surface area contributed by atoms with E-state index in [1.807, 2.05) is 0 Å². The molecule has 0 aliphatic heterocycles. The van der Waals surface area contributed by atoms with Crippen LogP contribution in [0.5, 0.6) is 0 Å². The number of halogens is 1. The maximum absolute atomic E-state index is 2.42. The second-order valence-corrected chi connectivity index (χ2v) is 12.2. The largest absolute Gasteiger partial charge is 1.00 e. The van der Waals surface area contributed by atoms with Crippen molar-refractivity contribution >= 4 is 7.26 Å². The van der Waals surface area contributed by atoms with Crippen LogP contribution < -0.4 is 12.4 Å². The zero-order valence-corrected chi connectivity index (χ0v) is 19.2. The summed E-state index contributed by atoms with van der Waals surface area (Å²) >= 11 is 0. The Hall–Kier alpha value is 0.720. The van der Waals surface area contributed by atoms with Gasteiger partial charge in [0.25, 0.3) is 0 Å². The zero-order chi connectivity index (χ0) is 17.2. The van der Waals surface area contributed by atoms with Gasteiger partial charge in [-0.1, -0.05) is 79.1 Å². The fraction of sp³-hybridized carbons (Fsp3) is 1.00. The topological polar surface area (TPSA) is 0 Å². The lowest BCUT2D eigenvalue weighted by Crippen LogP contribution is -3.00. The van der Waals surface area contributed by atoms with Gasteiger partial charge in [-0.3, -0.25) is 0 Å². The summed E-state index contributed by atoms with van der Waals surface area (Å²) in [6.45, 7) is 9.49. The first-order valence-corrected chi connectivity index (χ1v) is 13.6. The van der Waals surface area contributed by atoms with Gasteiger partial charge in [0.05, 0.1) is 24.6 Å². The first-order chi connectivity index (χ1) is 11.2. The molecule has 0 heterocycles. The molecule has 0 spiro atoms. The third-order valence-corrected chi connectivity index (χ3v) is 10.7. The molecule has 0 aromatic rings. The molecule has 0 atom stereocenters. The van der Waals surface area contributed by atoms with Gasteiger partial charge in [0.1, 0.15) is 0 Å². The molecule has 0 radical (unpaired) electrons. The van der Waals surface area contributed by atoms with Crippen LogP contribution in [0.2, 0.25) is 0 Å². The first kappa shape index (κ1) is 26.9. The number of hydrogen-bond acceptors (Lipinski definition) is 0. The Morgan fingerprint density at radius 3 is 1.04 bits per heavy atom. The van der Waals surface area contributed by atoms with Crippen LogP contribution in [0.15, 0.2) is 0 Å². The monoisotopic (exact) mass is 378 g/mol. The van der Waals surface area contributed by atoms with E-state index in [1.54, 1.807) is 24.6 Å². The lowest BCUT2D eigenvalue weighted by atomic mass is 10.1. The fourth-order valence-electron chi connectivity index (χ4n) is 4.07. The Morgan fingerprint density at radius 1 is 0.375 bits per heavy atom. The van der Waals surface area contributed by atoms with Gasteiger partial charge >= 0.3 is 0 Å². The molecule has 0 aromatic heterocycles. The molecule has 0 aliphatic carbocycles. The van der Waals surface area contributed by atoms with Gasteiger partial charge < -0.3 is 12.4 Å². The predicted octanol–water partition coefficient (Wildman–Crippen LogP) is 5.55. The highest BCUT2D eigenvalue weighted by molar-refractivity contribution is 7.75. The normalized spacial score (nSPS) is 11.5. The van der Waals surface area contributed by atoms with Crippen molar-refractivity contribution in [3.63, 3.8) is 0 Å². The van der Waals surface area contributed by atoms with Crippen molar-refractivity contribution in [2.45, 2.75) is 118 Å². The van der Waals surface area contributed by atoms with Crippen LogP contribution in [0.1, 0.15) is 118 Å². The van der Waals surface area contributed by atoms with Gasteiger partial charge in [0, 0.05) is 7.26 Å². The molecule has 0 aliphatic rings. The van der Waals surface area contributed by atoms with Crippen LogP contribution >= 0.6 is 7.26 Å². The molecule has 0 amide bonds. The molecule has 0 rings (SSSR count). The standard InChI is InChI=1S/C22H48P.ClH/c1-5-9-11-13-15-17-21-23(19-7-3,20-8-4)22-18-16-14-12-10-6-2;/h5-22H2,1-4H3;1H/q+1;/p-1. The van der Waals surface area contributed by atoms with E-state index in [4.69, 9.17) is 0 Å². The van der Waals surface area contributed by atoms with Gasteiger partial charge in [0.2, 0.25) is 0 Å². The Kier molecular flexibility index (Phi) is 22.5. The van der Waals surface area contributed by atoms with Crippen LogP contribution in [0, 0.1) is 0 Å². The Balaban J connectivity index is 0. The van der Waals surface area contributed by atoms with Crippen molar-refractivity contribution in [1.29, 1.82) is 0 Å². The van der Waals surface area contributed by atoms with E-state index in [9.17, 15) is 0 Å². The summed E-state index contributed by atoms with van der Waals surface area (Å²) in [7, 11) is -0.607. The highest BCUT2D eigenvalue weighted by Crippen LogP contribution is 2.61. The fourth-order valence-corrected chi connectivity index (χ4v) is 9.10.